The average molecular weight is 311 g/mol. The van der Waals surface area contributed by atoms with Crippen LogP contribution in [0.3, 0.4) is 0 Å². The van der Waals surface area contributed by atoms with E-state index in [1.165, 1.54) is 5.56 Å². The number of carbonyl (C=O) groups excluding carboxylic acids is 1. The predicted molar refractivity (Wildman–Crippen MR) is 85.6 cm³/mol. The van der Waals surface area contributed by atoms with Gasteiger partial charge in [0, 0.05) is 13.1 Å². The Morgan fingerprint density at radius 1 is 1.33 bits per heavy atom. The molecule has 1 aromatic carbocycles. The Labute approximate surface area is 131 Å². The fourth-order valence-electron chi connectivity index (χ4n) is 2.54. The number of hydrogen-bond acceptors (Lipinski definition) is 3. The van der Waals surface area contributed by atoms with Gasteiger partial charge in [-0.2, -0.15) is 0 Å². The first-order chi connectivity index (χ1) is 9.76. The van der Waals surface area contributed by atoms with Crippen molar-refractivity contribution in [1.29, 1.82) is 0 Å². The summed E-state index contributed by atoms with van der Waals surface area (Å²) in [6, 6.07) is 5.80. The van der Waals surface area contributed by atoms with Gasteiger partial charge in [0.05, 0.1) is 10.7 Å². The van der Waals surface area contributed by atoms with Crippen LogP contribution in [-0.4, -0.2) is 29.7 Å². The number of benzene rings is 1. The van der Waals surface area contributed by atoms with Gasteiger partial charge in [-0.15, -0.1) is 0 Å². The molecule has 0 spiro atoms. The number of piperidine rings is 1. The number of hydrogen-bond donors (Lipinski definition) is 1. The van der Waals surface area contributed by atoms with E-state index in [4.69, 9.17) is 22.1 Å². The minimum Gasteiger partial charge on any atom is -0.444 e. The first kappa shape index (κ1) is 16.0. The Hall–Kier alpha value is -1.42. The minimum atomic E-state index is -0.446. The van der Waals surface area contributed by atoms with Crippen molar-refractivity contribution >= 4 is 23.4 Å². The number of likely N-dealkylation sites (tertiary alicyclic amines) is 1. The summed E-state index contributed by atoms with van der Waals surface area (Å²) in [6.07, 6.45) is 1.61. The van der Waals surface area contributed by atoms with Crippen LogP contribution in [0.25, 0.3) is 0 Å². The molecule has 2 N–H and O–H groups in total. The van der Waals surface area contributed by atoms with E-state index in [1.807, 2.05) is 39.0 Å². The lowest BCUT2D eigenvalue weighted by atomic mass is 9.89. The normalized spacial score (nSPS) is 16.9. The van der Waals surface area contributed by atoms with Crippen LogP contribution in [0.15, 0.2) is 18.2 Å². The smallest absolute Gasteiger partial charge is 0.410 e. The molecule has 1 amide bonds. The van der Waals surface area contributed by atoms with Gasteiger partial charge in [0.15, 0.2) is 0 Å². The van der Waals surface area contributed by atoms with E-state index in [-0.39, 0.29) is 6.09 Å². The number of halogens is 1. The molecule has 116 valence electrons. The third kappa shape index (κ3) is 4.27. The van der Waals surface area contributed by atoms with Crippen molar-refractivity contribution in [3.63, 3.8) is 0 Å². The van der Waals surface area contributed by atoms with Crippen molar-refractivity contribution < 1.29 is 9.53 Å². The highest BCUT2D eigenvalue weighted by atomic mass is 35.5. The SMILES string of the molecule is CC(C)(C)OC(=O)N1CCC(c2ccc(Cl)c(N)c2)CC1. The van der Waals surface area contributed by atoms with Crippen LogP contribution < -0.4 is 5.73 Å². The van der Waals surface area contributed by atoms with Crippen LogP contribution in [-0.2, 0) is 4.74 Å². The lowest BCUT2D eigenvalue weighted by Gasteiger charge is -2.33. The van der Waals surface area contributed by atoms with E-state index in [0.29, 0.717) is 29.7 Å². The molecule has 1 aliphatic heterocycles. The monoisotopic (exact) mass is 310 g/mol. The summed E-state index contributed by atoms with van der Waals surface area (Å²) < 4.78 is 5.40. The fourth-order valence-corrected chi connectivity index (χ4v) is 2.66. The van der Waals surface area contributed by atoms with Gasteiger partial charge >= 0.3 is 6.09 Å². The molecule has 0 atom stereocenters. The molecule has 1 saturated heterocycles. The standard InChI is InChI=1S/C16H23ClN2O2/c1-16(2,3)21-15(20)19-8-6-11(7-9-19)12-4-5-13(17)14(18)10-12/h4-5,10-11H,6-9,18H2,1-3H3. The van der Waals surface area contributed by atoms with Gasteiger partial charge < -0.3 is 15.4 Å². The zero-order chi connectivity index (χ0) is 15.6. The van der Waals surface area contributed by atoms with Gasteiger partial charge in [-0.25, -0.2) is 4.79 Å². The van der Waals surface area contributed by atoms with Crippen LogP contribution in [0.5, 0.6) is 0 Å². The van der Waals surface area contributed by atoms with Crippen molar-refractivity contribution in [3.05, 3.63) is 28.8 Å². The molecule has 0 bridgehead atoms. The van der Waals surface area contributed by atoms with Crippen LogP contribution in [0.1, 0.15) is 45.1 Å². The maximum atomic E-state index is 12.0. The summed E-state index contributed by atoms with van der Waals surface area (Å²) in [5, 5.41) is 0.588. The second-order valence-electron chi connectivity index (χ2n) is 6.52. The molecule has 21 heavy (non-hydrogen) atoms. The third-order valence-electron chi connectivity index (χ3n) is 3.64. The summed E-state index contributed by atoms with van der Waals surface area (Å²) in [5.41, 5.74) is 7.22. The molecule has 2 rings (SSSR count). The second kappa shape index (κ2) is 6.14. The van der Waals surface area contributed by atoms with Crippen LogP contribution in [0.4, 0.5) is 10.5 Å². The first-order valence-electron chi connectivity index (χ1n) is 7.29. The van der Waals surface area contributed by atoms with Crippen molar-refractivity contribution in [3.8, 4) is 0 Å². The highest BCUT2D eigenvalue weighted by molar-refractivity contribution is 6.33. The predicted octanol–water partition coefficient (Wildman–Crippen LogP) is 4.04. The molecule has 1 fully saturated rings. The summed E-state index contributed by atoms with van der Waals surface area (Å²) in [6.45, 7) is 7.07. The Kier molecular flexibility index (Phi) is 4.67. The fraction of sp³-hybridized carbons (Fsp3) is 0.562. The molecule has 1 heterocycles. The van der Waals surface area contributed by atoms with Crippen molar-refractivity contribution in [1.82, 2.24) is 4.90 Å². The molecule has 1 aromatic rings. The number of rotatable bonds is 1. The van der Waals surface area contributed by atoms with E-state index in [1.54, 1.807) is 4.90 Å². The molecule has 0 aliphatic carbocycles. The number of nitrogens with two attached hydrogens (primary N) is 1. The summed E-state index contributed by atoms with van der Waals surface area (Å²) >= 11 is 5.95. The number of carbonyl (C=O) groups is 1. The van der Waals surface area contributed by atoms with E-state index < -0.39 is 5.60 Å². The van der Waals surface area contributed by atoms with Gasteiger partial charge in [0.25, 0.3) is 0 Å². The van der Waals surface area contributed by atoms with E-state index in [9.17, 15) is 4.79 Å². The Morgan fingerprint density at radius 2 is 1.95 bits per heavy atom. The Bertz CT molecular complexity index is 517. The highest BCUT2D eigenvalue weighted by Gasteiger charge is 2.27. The molecule has 0 radical (unpaired) electrons. The zero-order valence-electron chi connectivity index (χ0n) is 12.9. The summed E-state index contributed by atoms with van der Waals surface area (Å²) in [7, 11) is 0. The van der Waals surface area contributed by atoms with Crippen LogP contribution in [0.2, 0.25) is 5.02 Å². The zero-order valence-corrected chi connectivity index (χ0v) is 13.6. The van der Waals surface area contributed by atoms with Gasteiger partial charge in [-0.1, -0.05) is 17.7 Å². The van der Waals surface area contributed by atoms with Gasteiger partial charge in [0.1, 0.15) is 5.60 Å². The summed E-state index contributed by atoms with van der Waals surface area (Å²) in [4.78, 5) is 13.8. The number of nitrogen functional groups attached to an aromatic ring is 1. The van der Waals surface area contributed by atoms with E-state index >= 15 is 0 Å². The number of anilines is 1. The molecule has 4 nitrogen and oxygen atoms in total. The number of amides is 1. The van der Waals surface area contributed by atoms with E-state index in [0.717, 1.165) is 12.8 Å². The van der Waals surface area contributed by atoms with Gasteiger partial charge in [-0.05, 0) is 57.2 Å². The van der Waals surface area contributed by atoms with Crippen molar-refractivity contribution in [2.24, 2.45) is 0 Å². The summed E-state index contributed by atoms with van der Waals surface area (Å²) in [5.74, 6) is 0.420. The molecule has 0 aromatic heterocycles. The average Bonchev–Trinajstić information content (AvgIpc) is 2.40. The highest BCUT2D eigenvalue weighted by Crippen LogP contribution is 2.31. The lowest BCUT2D eigenvalue weighted by molar-refractivity contribution is 0.0205. The maximum Gasteiger partial charge on any atom is 0.410 e. The van der Waals surface area contributed by atoms with Crippen molar-refractivity contribution in [2.75, 3.05) is 18.8 Å². The van der Waals surface area contributed by atoms with Crippen LogP contribution in [0, 0.1) is 0 Å². The van der Waals surface area contributed by atoms with Gasteiger partial charge in [-0.3, -0.25) is 0 Å². The van der Waals surface area contributed by atoms with Crippen LogP contribution >= 0.6 is 11.6 Å². The number of nitrogens with zero attached hydrogens (tertiary/aromatic N) is 1. The van der Waals surface area contributed by atoms with E-state index in [2.05, 4.69) is 0 Å². The minimum absolute atomic E-state index is 0.225. The third-order valence-corrected chi connectivity index (χ3v) is 3.98. The van der Waals surface area contributed by atoms with Crippen molar-refractivity contribution in [2.45, 2.75) is 45.1 Å². The second-order valence-corrected chi connectivity index (χ2v) is 6.93. The first-order valence-corrected chi connectivity index (χ1v) is 7.67. The maximum absolute atomic E-state index is 12.0. The quantitative estimate of drug-likeness (QED) is 0.797. The molecule has 5 heteroatoms. The Morgan fingerprint density at radius 3 is 2.48 bits per heavy atom. The largest absolute Gasteiger partial charge is 0.444 e. The molecule has 1 aliphatic rings. The molecular weight excluding hydrogens is 288 g/mol. The molecule has 0 saturated carbocycles. The topological polar surface area (TPSA) is 55.6 Å². The lowest BCUT2D eigenvalue weighted by Crippen LogP contribution is -2.41. The molecular formula is C16H23ClN2O2. The molecule has 0 unspecified atom stereocenters. The number of ether oxygens (including phenoxy) is 1. The Balaban J connectivity index is 1.94. The van der Waals surface area contributed by atoms with Gasteiger partial charge in [0.2, 0.25) is 0 Å².